The van der Waals surface area contributed by atoms with Crippen LogP contribution >= 0.6 is 15.9 Å². The van der Waals surface area contributed by atoms with E-state index in [1.54, 1.807) is 24.5 Å². The number of ether oxygens (including phenoxy) is 1. The minimum atomic E-state index is -0.536. The maximum absolute atomic E-state index is 12.0. The summed E-state index contributed by atoms with van der Waals surface area (Å²) >= 11 is 3.45. The van der Waals surface area contributed by atoms with Gasteiger partial charge in [-0.3, -0.25) is 10.3 Å². The molecule has 0 radical (unpaired) electrons. The Labute approximate surface area is 142 Å². The Balaban J connectivity index is 1.78. The van der Waals surface area contributed by atoms with Gasteiger partial charge in [-0.1, -0.05) is 40.2 Å². The Morgan fingerprint density at radius 3 is 2.57 bits per heavy atom. The molecule has 3 rings (SSSR count). The summed E-state index contributed by atoms with van der Waals surface area (Å²) in [5, 5.41) is 2.73. The van der Waals surface area contributed by atoms with E-state index in [0.717, 1.165) is 15.6 Å². The lowest BCUT2D eigenvalue weighted by Crippen LogP contribution is -2.16. The number of halogens is 1. The number of anilines is 1. The molecule has 4 nitrogen and oxygen atoms in total. The van der Waals surface area contributed by atoms with Crippen LogP contribution in [0, 0.1) is 0 Å². The van der Waals surface area contributed by atoms with Crippen molar-refractivity contribution in [1.29, 1.82) is 0 Å². The predicted octanol–water partition coefficient (Wildman–Crippen LogP) is 5.12. The Hall–Kier alpha value is -2.66. The van der Waals surface area contributed by atoms with Crippen LogP contribution in [0.4, 0.5) is 10.5 Å². The molecular formula is C18H13BrN2O2. The Morgan fingerprint density at radius 2 is 1.83 bits per heavy atom. The average molecular weight is 369 g/mol. The van der Waals surface area contributed by atoms with Gasteiger partial charge in [-0.05, 0) is 42.0 Å². The molecule has 0 fully saturated rings. The number of nitrogens with zero attached hydrogens (tertiary/aromatic N) is 1. The number of hydrogen-bond donors (Lipinski definition) is 1. The summed E-state index contributed by atoms with van der Waals surface area (Å²) in [5.74, 6) is 0.493. The molecule has 0 atom stereocenters. The van der Waals surface area contributed by atoms with E-state index >= 15 is 0 Å². The second-order valence-electron chi connectivity index (χ2n) is 4.80. The van der Waals surface area contributed by atoms with Crippen LogP contribution in [-0.2, 0) is 0 Å². The third-order valence-corrected chi connectivity index (χ3v) is 3.55. The molecule has 1 amide bonds. The Kier molecular flexibility index (Phi) is 4.68. The Bertz CT molecular complexity index is 808. The van der Waals surface area contributed by atoms with Crippen molar-refractivity contribution in [3.63, 3.8) is 0 Å². The van der Waals surface area contributed by atoms with Crippen LogP contribution in [0.2, 0.25) is 0 Å². The SMILES string of the molecule is O=C(Nc1cc(Br)cc(-c2cccnc2)c1)Oc1ccccc1. The molecule has 2 aromatic carbocycles. The average Bonchev–Trinajstić information content (AvgIpc) is 2.56. The first-order chi connectivity index (χ1) is 11.2. The topological polar surface area (TPSA) is 51.2 Å². The van der Waals surface area contributed by atoms with E-state index in [1.165, 1.54) is 0 Å². The number of carbonyl (C=O) groups is 1. The van der Waals surface area contributed by atoms with Gasteiger partial charge >= 0.3 is 6.09 Å². The highest BCUT2D eigenvalue weighted by Gasteiger charge is 2.07. The monoisotopic (exact) mass is 368 g/mol. The number of aromatic nitrogens is 1. The van der Waals surface area contributed by atoms with Crippen LogP contribution in [0.1, 0.15) is 0 Å². The van der Waals surface area contributed by atoms with Crippen LogP contribution in [0.5, 0.6) is 5.75 Å². The standard InChI is InChI=1S/C18H13BrN2O2/c19-15-9-14(13-5-4-8-20-12-13)10-16(11-15)21-18(22)23-17-6-2-1-3-7-17/h1-12H,(H,21,22). The molecule has 23 heavy (non-hydrogen) atoms. The van der Waals surface area contributed by atoms with Gasteiger partial charge in [-0.15, -0.1) is 0 Å². The minimum absolute atomic E-state index is 0.493. The van der Waals surface area contributed by atoms with Gasteiger partial charge in [0, 0.05) is 28.1 Å². The van der Waals surface area contributed by atoms with E-state index in [-0.39, 0.29) is 0 Å². The molecule has 1 N–H and O–H groups in total. The number of para-hydroxylation sites is 1. The van der Waals surface area contributed by atoms with Crippen LogP contribution in [0.25, 0.3) is 11.1 Å². The minimum Gasteiger partial charge on any atom is -0.410 e. The summed E-state index contributed by atoms with van der Waals surface area (Å²) in [6.07, 6.45) is 2.96. The second-order valence-corrected chi connectivity index (χ2v) is 5.71. The van der Waals surface area contributed by atoms with Crippen LogP contribution in [-0.4, -0.2) is 11.1 Å². The lowest BCUT2D eigenvalue weighted by molar-refractivity contribution is 0.215. The van der Waals surface area contributed by atoms with Gasteiger partial charge in [0.15, 0.2) is 0 Å². The molecule has 5 heteroatoms. The molecule has 0 aliphatic carbocycles. The first-order valence-corrected chi connectivity index (χ1v) is 7.75. The number of nitrogens with one attached hydrogen (secondary N) is 1. The number of pyridine rings is 1. The van der Waals surface area contributed by atoms with Crippen molar-refractivity contribution in [3.05, 3.63) is 77.5 Å². The van der Waals surface area contributed by atoms with Crippen LogP contribution < -0.4 is 10.1 Å². The fraction of sp³-hybridized carbons (Fsp3) is 0. The van der Waals surface area contributed by atoms with E-state index in [4.69, 9.17) is 4.74 Å². The number of hydrogen-bond acceptors (Lipinski definition) is 3. The summed E-state index contributed by atoms with van der Waals surface area (Å²) in [6, 6.07) is 18.4. The normalized spacial score (nSPS) is 10.1. The molecule has 0 unspecified atom stereocenters. The van der Waals surface area contributed by atoms with E-state index < -0.39 is 6.09 Å². The van der Waals surface area contributed by atoms with E-state index in [0.29, 0.717) is 11.4 Å². The van der Waals surface area contributed by atoms with Gasteiger partial charge in [-0.2, -0.15) is 0 Å². The molecule has 0 bridgehead atoms. The van der Waals surface area contributed by atoms with Gasteiger partial charge < -0.3 is 4.74 Å². The summed E-state index contributed by atoms with van der Waals surface area (Å²) in [6.45, 7) is 0. The van der Waals surface area contributed by atoms with Gasteiger partial charge in [0.1, 0.15) is 5.75 Å². The van der Waals surface area contributed by atoms with Gasteiger partial charge in [-0.25, -0.2) is 4.79 Å². The molecule has 3 aromatic rings. The third kappa shape index (κ3) is 4.17. The van der Waals surface area contributed by atoms with E-state index in [2.05, 4.69) is 26.2 Å². The van der Waals surface area contributed by atoms with Crippen molar-refractivity contribution in [2.75, 3.05) is 5.32 Å². The predicted molar refractivity (Wildman–Crippen MR) is 93.5 cm³/mol. The summed E-state index contributed by atoms with van der Waals surface area (Å²) < 4.78 is 6.08. The molecule has 1 heterocycles. The molecule has 0 aliphatic rings. The number of carbonyl (C=O) groups excluding carboxylic acids is 1. The molecule has 0 spiro atoms. The van der Waals surface area contributed by atoms with Crippen molar-refractivity contribution in [2.24, 2.45) is 0 Å². The highest BCUT2D eigenvalue weighted by Crippen LogP contribution is 2.27. The van der Waals surface area contributed by atoms with Crippen molar-refractivity contribution in [2.45, 2.75) is 0 Å². The van der Waals surface area contributed by atoms with Crippen LogP contribution in [0.15, 0.2) is 77.5 Å². The molecule has 0 saturated heterocycles. The molecule has 1 aromatic heterocycles. The van der Waals surface area contributed by atoms with Crippen LogP contribution in [0.3, 0.4) is 0 Å². The fourth-order valence-electron chi connectivity index (χ4n) is 2.10. The van der Waals surface area contributed by atoms with Crippen molar-refractivity contribution in [3.8, 4) is 16.9 Å². The molecule has 0 saturated carbocycles. The second kappa shape index (κ2) is 7.07. The van der Waals surface area contributed by atoms with E-state index in [1.807, 2.05) is 48.5 Å². The zero-order chi connectivity index (χ0) is 16.1. The first-order valence-electron chi connectivity index (χ1n) is 6.95. The van der Waals surface area contributed by atoms with Gasteiger partial charge in [0.05, 0.1) is 0 Å². The summed E-state index contributed by atoms with van der Waals surface area (Å²) in [7, 11) is 0. The molecule has 0 aliphatic heterocycles. The third-order valence-electron chi connectivity index (χ3n) is 3.09. The number of benzene rings is 2. The number of rotatable bonds is 3. The quantitative estimate of drug-likeness (QED) is 0.697. The smallest absolute Gasteiger partial charge is 0.410 e. The zero-order valence-electron chi connectivity index (χ0n) is 12.1. The Morgan fingerprint density at radius 1 is 1.00 bits per heavy atom. The highest BCUT2D eigenvalue weighted by atomic mass is 79.9. The van der Waals surface area contributed by atoms with E-state index in [9.17, 15) is 4.79 Å². The van der Waals surface area contributed by atoms with Gasteiger partial charge in [0.2, 0.25) is 0 Å². The lowest BCUT2D eigenvalue weighted by Gasteiger charge is -2.09. The fourth-order valence-corrected chi connectivity index (χ4v) is 2.59. The maximum atomic E-state index is 12.0. The first kappa shape index (κ1) is 15.2. The summed E-state index contributed by atoms with van der Waals surface area (Å²) in [4.78, 5) is 16.1. The zero-order valence-corrected chi connectivity index (χ0v) is 13.7. The summed E-state index contributed by atoms with van der Waals surface area (Å²) in [5.41, 5.74) is 2.55. The van der Waals surface area contributed by atoms with Crippen molar-refractivity contribution < 1.29 is 9.53 Å². The van der Waals surface area contributed by atoms with Gasteiger partial charge in [0.25, 0.3) is 0 Å². The molecule has 114 valence electrons. The van der Waals surface area contributed by atoms with Crippen molar-refractivity contribution >= 4 is 27.7 Å². The number of amides is 1. The maximum Gasteiger partial charge on any atom is 0.417 e. The molecular weight excluding hydrogens is 356 g/mol. The highest BCUT2D eigenvalue weighted by molar-refractivity contribution is 9.10. The lowest BCUT2D eigenvalue weighted by atomic mass is 10.1. The van der Waals surface area contributed by atoms with Crippen molar-refractivity contribution in [1.82, 2.24) is 4.98 Å². The largest absolute Gasteiger partial charge is 0.417 e.